The number of aliphatic hydroxyl groups excluding tert-OH is 1. The van der Waals surface area contributed by atoms with Gasteiger partial charge >= 0.3 is 7.82 Å². The van der Waals surface area contributed by atoms with Gasteiger partial charge in [-0.3, -0.25) is 13.8 Å². The third-order valence-electron chi connectivity index (χ3n) is 6.31. The van der Waals surface area contributed by atoms with Crippen molar-refractivity contribution in [3.8, 4) is 0 Å². The van der Waals surface area contributed by atoms with Crippen molar-refractivity contribution in [1.82, 2.24) is 5.32 Å². The Morgan fingerprint density at radius 1 is 0.825 bits per heavy atom. The van der Waals surface area contributed by atoms with Crippen LogP contribution in [-0.4, -0.2) is 73.4 Å². The number of nitrogens with zero attached hydrogens (tertiary/aromatic N) is 1. The SMILES string of the molecule is CCC/C=C/CC/C=C/C(O)C(COP(=O)(O)OCC[N+](C)(C)C)NC(=O)CCCCCCC/C=C\CCCC. The lowest BCUT2D eigenvalue weighted by atomic mass is 10.1. The van der Waals surface area contributed by atoms with Crippen LogP contribution in [0.5, 0.6) is 0 Å². The van der Waals surface area contributed by atoms with E-state index in [0.717, 1.165) is 64.2 Å². The summed E-state index contributed by atoms with van der Waals surface area (Å²) in [5, 5.41) is 13.5. The summed E-state index contributed by atoms with van der Waals surface area (Å²) in [4.78, 5) is 22.7. The molecule has 0 aromatic rings. The van der Waals surface area contributed by atoms with Gasteiger partial charge in [-0.15, -0.1) is 0 Å². The fraction of sp³-hybridized carbons (Fsp3) is 0.774. The molecular formula is C31H60N2O6P+. The highest BCUT2D eigenvalue weighted by Gasteiger charge is 2.27. The minimum Gasteiger partial charge on any atom is -0.387 e. The fourth-order valence-corrected chi connectivity index (χ4v) is 4.48. The number of unbranched alkanes of at least 4 members (excludes halogenated alkanes) is 9. The molecule has 0 aromatic carbocycles. The first-order chi connectivity index (χ1) is 19.0. The first-order valence-electron chi connectivity index (χ1n) is 15.4. The minimum absolute atomic E-state index is 0.0530. The fourth-order valence-electron chi connectivity index (χ4n) is 3.75. The molecule has 9 heteroatoms. The summed E-state index contributed by atoms with van der Waals surface area (Å²) in [6.45, 7) is 4.58. The second-order valence-electron chi connectivity index (χ2n) is 11.5. The molecule has 1 amide bonds. The molecule has 0 rings (SSSR count). The summed E-state index contributed by atoms with van der Waals surface area (Å²) in [5.41, 5.74) is 0. The maximum atomic E-state index is 12.6. The van der Waals surface area contributed by atoms with Gasteiger partial charge in [-0.05, 0) is 44.9 Å². The number of rotatable bonds is 26. The lowest BCUT2D eigenvalue weighted by molar-refractivity contribution is -0.870. The average Bonchev–Trinajstić information content (AvgIpc) is 2.88. The lowest BCUT2D eigenvalue weighted by Crippen LogP contribution is -2.45. The third kappa shape index (κ3) is 25.7. The Hall–Kier alpha value is -1.28. The van der Waals surface area contributed by atoms with Crippen molar-refractivity contribution >= 4 is 13.7 Å². The quantitative estimate of drug-likeness (QED) is 0.0443. The van der Waals surface area contributed by atoms with E-state index >= 15 is 0 Å². The second-order valence-corrected chi connectivity index (χ2v) is 12.9. The third-order valence-corrected chi connectivity index (χ3v) is 7.30. The van der Waals surface area contributed by atoms with Crippen LogP contribution in [0.4, 0.5) is 0 Å². The number of hydrogen-bond donors (Lipinski definition) is 3. The molecule has 0 bridgehead atoms. The Morgan fingerprint density at radius 2 is 1.43 bits per heavy atom. The van der Waals surface area contributed by atoms with Crippen molar-refractivity contribution in [1.29, 1.82) is 0 Å². The Morgan fingerprint density at radius 3 is 2.10 bits per heavy atom. The highest BCUT2D eigenvalue weighted by molar-refractivity contribution is 7.47. The first kappa shape index (κ1) is 38.7. The van der Waals surface area contributed by atoms with E-state index in [1.54, 1.807) is 6.08 Å². The topological polar surface area (TPSA) is 105 Å². The van der Waals surface area contributed by atoms with Gasteiger partial charge in [-0.25, -0.2) is 4.57 Å². The molecule has 0 aliphatic rings. The summed E-state index contributed by atoms with van der Waals surface area (Å²) >= 11 is 0. The van der Waals surface area contributed by atoms with Crippen LogP contribution in [0.15, 0.2) is 36.5 Å². The van der Waals surface area contributed by atoms with Crippen molar-refractivity contribution in [3.63, 3.8) is 0 Å². The maximum Gasteiger partial charge on any atom is 0.472 e. The number of quaternary nitrogens is 1. The zero-order valence-corrected chi connectivity index (χ0v) is 27.0. The Kier molecular flexibility index (Phi) is 23.6. The van der Waals surface area contributed by atoms with Crippen molar-refractivity contribution < 1.29 is 32.9 Å². The molecule has 0 heterocycles. The first-order valence-corrected chi connectivity index (χ1v) is 16.9. The zero-order valence-electron chi connectivity index (χ0n) is 26.1. The number of phosphoric acid groups is 1. The second kappa shape index (κ2) is 24.3. The number of hydrogen-bond acceptors (Lipinski definition) is 5. The number of carbonyl (C=O) groups is 1. The van der Waals surface area contributed by atoms with Gasteiger partial charge in [-0.1, -0.05) is 88.8 Å². The lowest BCUT2D eigenvalue weighted by Gasteiger charge is -2.25. The van der Waals surface area contributed by atoms with Crippen LogP contribution < -0.4 is 5.32 Å². The van der Waals surface area contributed by atoms with E-state index < -0.39 is 20.0 Å². The van der Waals surface area contributed by atoms with Crippen LogP contribution >= 0.6 is 7.82 Å². The molecule has 234 valence electrons. The molecule has 0 saturated carbocycles. The number of likely N-dealkylation sites (N-methyl/N-ethyl adjacent to an activating group) is 1. The molecule has 0 aliphatic carbocycles. The predicted octanol–water partition coefficient (Wildman–Crippen LogP) is 6.84. The number of phosphoric ester groups is 1. The predicted molar refractivity (Wildman–Crippen MR) is 166 cm³/mol. The van der Waals surface area contributed by atoms with Crippen LogP contribution in [0.1, 0.15) is 104 Å². The van der Waals surface area contributed by atoms with Crippen LogP contribution in [0, 0.1) is 0 Å². The zero-order chi connectivity index (χ0) is 30.1. The largest absolute Gasteiger partial charge is 0.472 e. The van der Waals surface area contributed by atoms with Gasteiger partial charge in [0.1, 0.15) is 13.2 Å². The summed E-state index contributed by atoms with van der Waals surface area (Å²) < 4.78 is 23.2. The van der Waals surface area contributed by atoms with Crippen molar-refractivity contribution in [2.75, 3.05) is 40.9 Å². The Balaban J connectivity index is 4.68. The van der Waals surface area contributed by atoms with E-state index in [4.69, 9.17) is 9.05 Å². The molecule has 0 aromatic heterocycles. The number of carbonyl (C=O) groups excluding carboxylic acids is 1. The normalized spacial score (nSPS) is 15.7. The highest BCUT2D eigenvalue weighted by atomic mass is 31.2. The summed E-state index contributed by atoms with van der Waals surface area (Å²) in [5.74, 6) is -0.207. The van der Waals surface area contributed by atoms with E-state index in [-0.39, 0.29) is 19.1 Å². The minimum atomic E-state index is -4.32. The van der Waals surface area contributed by atoms with Gasteiger partial charge in [0, 0.05) is 6.42 Å². The Bertz CT molecular complexity index is 763. The molecule has 8 nitrogen and oxygen atoms in total. The number of allylic oxidation sites excluding steroid dienone is 5. The van der Waals surface area contributed by atoms with E-state index in [0.29, 0.717) is 17.4 Å². The van der Waals surface area contributed by atoms with Crippen molar-refractivity contribution in [3.05, 3.63) is 36.5 Å². The van der Waals surface area contributed by atoms with Gasteiger partial charge < -0.3 is 19.8 Å². The monoisotopic (exact) mass is 587 g/mol. The van der Waals surface area contributed by atoms with Gasteiger partial charge in [0.05, 0.1) is 39.9 Å². The van der Waals surface area contributed by atoms with Crippen molar-refractivity contribution in [2.24, 2.45) is 0 Å². The summed E-state index contributed by atoms with van der Waals surface area (Å²) in [6.07, 6.45) is 25.2. The van der Waals surface area contributed by atoms with E-state index in [1.165, 1.54) is 19.3 Å². The Labute approximate surface area is 245 Å². The number of nitrogens with one attached hydrogen (secondary N) is 1. The van der Waals surface area contributed by atoms with Crippen LogP contribution in [0.2, 0.25) is 0 Å². The maximum absolute atomic E-state index is 12.6. The molecule has 0 spiro atoms. The van der Waals surface area contributed by atoms with Gasteiger partial charge in [0.25, 0.3) is 0 Å². The van der Waals surface area contributed by atoms with Crippen molar-refractivity contribution in [2.45, 2.75) is 116 Å². The van der Waals surface area contributed by atoms with Crippen LogP contribution in [0.3, 0.4) is 0 Å². The van der Waals surface area contributed by atoms with Gasteiger partial charge in [-0.2, -0.15) is 0 Å². The molecular weight excluding hydrogens is 527 g/mol. The molecule has 3 atom stereocenters. The molecule has 3 unspecified atom stereocenters. The van der Waals surface area contributed by atoms with E-state index in [1.807, 2.05) is 27.2 Å². The molecule has 0 fully saturated rings. The number of amides is 1. The number of aliphatic hydroxyl groups is 1. The van der Waals surface area contributed by atoms with E-state index in [9.17, 15) is 19.4 Å². The van der Waals surface area contributed by atoms with Gasteiger partial charge in [0.15, 0.2) is 0 Å². The summed E-state index contributed by atoms with van der Waals surface area (Å²) in [7, 11) is 1.53. The summed E-state index contributed by atoms with van der Waals surface area (Å²) in [6, 6.07) is -0.860. The van der Waals surface area contributed by atoms with E-state index in [2.05, 4.69) is 43.5 Å². The van der Waals surface area contributed by atoms with Crippen LogP contribution in [0.25, 0.3) is 0 Å². The molecule has 0 radical (unpaired) electrons. The van der Waals surface area contributed by atoms with Crippen LogP contribution in [-0.2, 0) is 18.4 Å². The standard InChI is InChI=1S/C31H59N2O6P/c1-6-8-10-12-14-15-16-17-19-21-23-25-31(35)32-29(30(34)24-22-20-18-13-11-9-7-2)28-39-40(36,37)38-27-26-33(3,4)5/h11-14,22,24,29-30,34H,6-10,15-21,23,25-28H2,1-5H3,(H-,32,35,36,37)/p+1/b13-11+,14-12-,24-22+. The molecule has 3 N–H and O–H groups in total. The molecule has 40 heavy (non-hydrogen) atoms. The van der Waals surface area contributed by atoms with Gasteiger partial charge in [0.2, 0.25) is 5.91 Å². The smallest absolute Gasteiger partial charge is 0.387 e. The highest BCUT2D eigenvalue weighted by Crippen LogP contribution is 2.43. The molecule has 0 aliphatic heterocycles. The molecule has 0 saturated heterocycles. The average molecular weight is 588 g/mol.